The summed E-state index contributed by atoms with van der Waals surface area (Å²) in [6.07, 6.45) is 0. The molecule has 1 heterocycles. The molecule has 0 saturated carbocycles. The predicted octanol–water partition coefficient (Wildman–Crippen LogP) is 4.56. The van der Waals surface area contributed by atoms with Gasteiger partial charge in [-0.25, -0.2) is 9.29 Å². The minimum absolute atomic E-state index is 0.0311. The Morgan fingerprint density at radius 2 is 1.50 bits per heavy atom. The van der Waals surface area contributed by atoms with E-state index in [4.69, 9.17) is 14.2 Å². The van der Waals surface area contributed by atoms with Crippen LogP contribution in [0.2, 0.25) is 0 Å². The molecule has 0 aromatic heterocycles. The lowest BCUT2D eigenvalue weighted by molar-refractivity contribution is -0.120. The molecule has 0 radical (unpaired) electrons. The van der Waals surface area contributed by atoms with Gasteiger partial charge in [0.2, 0.25) is 0 Å². The lowest BCUT2D eigenvalue weighted by Gasteiger charge is -2.19. The third-order valence-electron chi connectivity index (χ3n) is 5.46. The number of nitrogens with zero attached hydrogens (tertiary/aromatic N) is 1. The zero-order valence-corrected chi connectivity index (χ0v) is 19.1. The van der Waals surface area contributed by atoms with Crippen LogP contribution < -0.4 is 24.4 Å². The van der Waals surface area contributed by atoms with Gasteiger partial charge in [0.05, 0.1) is 38.3 Å². The van der Waals surface area contributed by atoms with Gasteiger partial charge in [0.25, 0.3) is 11.8 Å². The standard InChI is InChI=1S/C26H23FN2O5/c1-15-5-12-21(33-3)20(13-15)29-25(30)23(16-6-8-17(27)9-7-16)24(26(29)31)28-19-11-10-18(32-2)14-22(19)34-4/h5-14,28H,1-4H3. The number of nitrogens with one attached hydrogen (secondary N) is 1. The first-order valence-corrected chi connectivity index (χ1v) is 10.4. The van der Waals surface area contributed by atoms with E-state index in [2.05, 4.69) is 5.32 Å². The Morgan fingerprint density at radius 1 is 0.794 bits per heavy atom. The summed E-state index contributed by atoms with van der Waals surface area (Å²) in [5.41, 5.74) is 2.14. The van der Waals surface area contributed by atoms with Gasteiger partial charge < -0.3 is 19.5 Å². The van der Waals surface area contributed by atoms with Crippen LogP contribution in [0.15, 0.2) is 66.4 Å². The van der Waals surface area contributed by atoms with Crippen LogP contribution in [0.1, 0.15) is 11.1 Å². The highest BCUT2D eigenvalue weighted by molar-refractivity contribution is 6.46. The highest BCUT2D eigenvalue weighted by Crippen LogP contribution is 2.39. The van der Waals surface area contributed by atoms with Gasteiger partial charge in [-0.1, -0.05) is 18.2 Å². The maximum atomic E-state index is 13.7. The number of carbonyl (C=O) groups excluding carboxylic acids is 2. The van der Waals surface area contributed by atoms with Gasteiger partial charge in [-0.2, -0.15) is 0 Å². The minimum atomic E-state index is -0.578. The molecule has 3 aromatic rings. The molecule has 1 N–H and O–H groups in total. The summed E-state index contributed by atoms with van der Waals surface area (Å²) < 4.78 is 29.7. The normalized spacial score (nSPS) is 13.4. The number of amides is 2. The molecule has 4 rings (SSSR count). The van der Waals surface area contributed by atoms with Crippen molar-refractivity contribution in [2.75, 3.05) is 31.5 Å². The fourth-order valence-electron chi connectivity index (χ4n) is 3.76. The van der Waals surface area contributed by atoms with Crippen molar-refractivity contribution in [3.63, 3.8) is 0 Å². The Bertz CT molecular complexity index is 1300. The SMILES string of the molecule is COc1ccc(NC2=C(c3ccc(F)cc3)C(=O)N(c3cc(C)ccc3OC)C2=O)c(OC)c1. The minimum Gasteiger partial charge on any atom is -0.497 e. The van der Waals surface area contributed by atoms with Crippen molar-refractivity contribution in [2.45, 2.75) is 6.92 Å². The second kappa shape index (κ2) is 9.27. The molecular formula is C26H23FN2O5. The quantitative estimate of drug-likeness (QED) is 0.519. The second-order valence-corrected chi connectivity index (χ2v) is 7.57. The first-order valence-electron chi connectivity index (χ1n) is 10.4. The summed E-state index contributed by atoms with van der Waals surface area (Å²) in [6, 6.07) is 15.6. The summed E-state index contributed by atoms with van der Waals surface area (Å²) in [6.45, 7) is 1.85. The Morgan fingerprint density at radius 3 is 2.15 bits per heavy atom. The van der Waals surface area contributed by atoms with E-state index in [9.17, 15) is 14.0 Å². The van der Waals surface area contributed by atoms with Crippen LogP contribution in [0.3, 0.4) is 0 Å². The van der Waals surface area contributed by atoms with E-state index in [-0.39, 0.29) is 11.3 Å². The molecule has 0 spiro atoms. The molecule has 1 aliphatic rings. The van der Waals surface area contributed by atoms with Crippen LogP contribution in [0.25, 0.3) is 5.57 Å². The number of benzene rings is 3. The largest absolute Gasteiger partial charge is 0.497 e. The van der Waals surface area contributed by atoms with Crippen LogP contribution in [0.4, 0.5) is 15.8 Å². The first-order chi connectivity index (χ1) is 16.4. The fraction of sp³-hybridized carbons (Fsp3) is 0.154. The topological polar surface area (TPSA) is 77.1 Å². The molecule has 0 atom stereocenters. The van der Waals surface area contributed by atoms with Gasteiger partial charge in [0, 0.05) is 6.07 Å². The average molecular weight is 462 g/mol. The van der Waals surface area contributed by atoms with Crippen molar-refractivity contribution in [3.8, 4) is 17.2 Å². The number of methoxy groups -OCH3 is 3. The predicted molar refractivity (Wildman–Crippen MR) is 127 cm³/mol. The number of hydrogen-bond acceptors (Lipinski definition) is 6. The molecule has 1 aliphatic heterocycles. The molecule has 0 bridgehead atoms. The number of hydrogen-bond donors (Lipinski definition) is 1. The fourth-order valence-corrected chi connectivity index (χ4v) is 3.76. The van der Waals surface area contributed by atoms with Crippen LogP contribution in [0, 0.1) is 12.7 Å². The number of anilines is 2. The monoisotopic (exact) mass is 462 g/mol. The van der Waals surface area contributed by atoms with Crippen LogP contribution >= 0.6 is 0 Å². The third kappa shape index (κ3) is 4.05. The van der Waals surface area contributed by atoms with Gasteiger partial charge in [0.1, 0.15) is 28.8 Å². The maximum Gasteiger partial charge on any atom is 0.282 e. The summed E-state index contributed by atoms with van der Waals surface area (Å²) in [5, 5.41) is 3.06. The van der Waals surface area contributed by atoms with Crippen LogP contribution in [-0.2, 0) is 9.59 Å². The highest BCUT2D eigenvalue weighted by Gasteiger charge is 2.41. The molecular weight excluding hydrogens is 439 g/mol. The molecule has 174 valence electrons. The van der Waals surface area contributed by atoms with E-state index in [1.54, 1.807) is 30.3 Å². The third-order valence-corrected chi connectivity index (χ3v) is 5.46. The first kappa shape index (κ1) is 22.8. The lowest BCUT2D eigenvalue weighted by Crippen LogP contribution is -2.32. The van der Waals surface area contributed by atoms with Gasteiger partial charge in [0.15, 0.2) is 0 Å². The molecule has 0 fully saturated rings. The smallest absolute Gasteiger partial charge is 0.282 e. The summed E-state index contributed by atoms with van der Waals surface area (Å²) in [4.78, 5) is 28.4. The van der Waals surface area contributed by atoms with E-state index in [0.717, 1.165) is 10.5 Å². The molecule has 2 amide bonds. The van der Waals surface area contributed by atoms with Crippen LogP contribution in [0.5, 0.6) is 17.2 Å². The molecule has 0 aliphatic carbocycles. The number of carbonyl (C=O) groups is 2. The summed E-state index contributed by atoms with van der Waals surface area (Å²) >= 11 is 0. The summed E-state index contributed by atoms with van der Waals surface area (Å²) in [7, 11) is 4.49. The Balaban J connectivity index is 1.86. The average Bonchev–Trinajstić information content (AvgIpc) is 3.08. The van der Waals surface area contributed by atoms with Gasteiger partial charge >= 0.3 is 0 Å². The number of halogens is 1. The Kier molecular flexibility index (Phi) is 6.23. The molecule has 8 heteroatoms. The lowest BCUT2D eigenvalue weighted by atomic mass is 10.0. The Labute approximate surface area is 196 Å². The van der Waals surface area contributed by atoms with E-state index < -0.39 is 17.6 Å². The number of aryl methyl sites for hydroxylation is 1. The van der Waals surface area contributed by atoms with Crippen molar-refractivity contribution in [3.05, 3.63) is 83.3 Å². The zero-order valence-electron chi connectivity index (χ0n) is 19.1. The number of rotatable bonds is 7. The summed E-state index contributed by atoms with van der Waals surface area (Å²) in [5.74, 6) is -0.243. The van der Waals surface area contributed by atoms with Crippen molar-refractivity contribution in [2.24, 2.45) is 0 Å². The van der Waals surface area contributed by atoms with E-state index in [0.29, 0.717) is 34.2 Å². The molecule has 7 nitrogen and oxygen atoms in total. The van der Waals surface area contributed by atoms with Crippen molar-refractivity contribution >= 4 is 28.8 Å². The van der Waals surface area contributed by atoms with E-state index in [1.807, 2.05) is 13.0 Å². The number of ether oxygens (including phenoxy) is 3. The van der Waals surface area contributed by atoms with E-state index >= 15 is 0 Å². The highest BCUT2D eigenvalue weighted by atomic mass is 19.1. The Hall–Kier alpha value is -4.33. The van der Waals surface area contributed by atoms with Crippen molar-refractivity contribution in [1.29, 1.82) is 0 Å². The van der Waals surface area contributed by atoms with Gasteiger partial charge in [-0.15, -0.1) is 0 Å². The maximum absolute atomic E-state index is 13.7. The molecule has 34 heavy (non-hydrogen) atoms. The van der Waals surface area contributed by atoms with Gasteiger partial charge in [-0.05, 0) is 54.4 Å². The second-order valence-electron chi connectivity index (χ2n) is 7.57. The molecule has 0 unspecified atom stereocenters. The van der Waals surface area contributed by atoms with Crippen molar-refractivity contribution in [1.82, 2.24) is 0 Å². The van der Waals surface area contributed by atoms with Crippen molar-refractivity contribution < 1.29 is 28.2 Å². The van der Waals surface area contributed by atoms with Crippen LogP contribution in [-0.4, -0.2) is 33.1 Å². The van der Waals surface area contributed by atoms with E-state index in [1.165, 1.54) is 45.6 Å². The molecule has 0 saturated heterocycles. The number of imide groups is 1. The molecule has 3 aromatic carbocycles. The zero-order chi connectivity index (χ0) is 24.4. The van der Waals surface area contributed by atoms with Gasteiger partial charge in [-0.3, -0.25) is 9.59 Å².